The summed E-state index contributed by atoms with van der Waals surface area (Å²) in [5.41, 5.74) is 5.65. The van der Waals surface area contributed by atoms with Gasteiger partial charge in [0, 0.05) is 12.0 Å². The monoisotopic (exact) mass is 611 g/mol. The number of rotatable bonds is 4. The third kappa shape index (κ3) is 7.61. The van der Waals surface area contributed by atoms with Crippen LogP contribution in [0.25, 0.3) is 43.4 Å². The smallest absolute Gasteiger partial charge is 0.142 e. The molecule has 1 atom stereocenters. The second-order valence-electron chi connectivity index (χ2n) is 10.0. The molecule has 6 aromatic carbocycles. The van der Waals surface area contributed by atoms with E-state index < -0.39 is 7.81 Å². The summed E-state index contributed by atoms with van der Waals surface area (Å²) in [5, 5.41) is 16.8. The molecule has 0 heterocycles. The van der Waals surface area contributed by atoms with Crippen molar-refractivity contribution in [1.29, 1.82) is 5.26 Å². The van der Waals surface area contributed by atoms with E-state index in [1.807, 2.05) is 24.3 Å². The summed E-state index contributed by atoms with van der Waals surface area (Å²) in [7, 11) is -10.7. The van der Waals surface area contributed by atoms with Gasteiger partial charge >= 0.3 is 33.0 Å². The van der Waals surface area contributed by atoms with Crippen LogP contribution in [0.4, 0.5) is 25.2 Å². The van der Waals surface area contributed by atoms with Crippen LogP contribution in [0.15, 0.2) is 115 Å². The molecule has 0 saturated heterocycles. The van der Waals surface area contributed by atoms with Crippen LogP contribution in [-0.2, 0) is 19.0 Å². The number of halogens is 6. The van der Waals surface area contributed by atoms with Gasteiger partial charge in [-0.1, -0.05) is 84.9 Å². The Morgan fingerprint density at radius 3 is 1.74 bits per heavy atom. The van der Waals surface area contributed by atoms with Crippen molar-refractivity contribution < 1.29 is 25.2 Å². The van der Waals surface area contributed by atoms with Crippen molar-refractivity contribution in [3.8, 4) is 17.2 Å². The van der Waals surface area contributed by atoms with Gasteiger partial charge in [0.15, 0.2) is 0 Å². The van der Waals surface area contributed by atoms with E-state index in [0.717, 1.165) is 6.42 Å². The number of nitriles is 1. The van der Waals surface area contributed by atoms with Crippen molar-refractivity contribution in [3.63, 3.8) is 0 Å². The maximum Gasteiger partial charge on any atom is 0.142 e. The predicted molar refractivity (Wildman–Crippen MR) is 166 cm³/mol. The fraction of sp³-hybridized carbons (Fsp3) is 0.0606. The molecule has 0 saturated carbocycles. The van der Waals surface area contributed by atoms with Crippen LogP contribution < -0.4 is 0 Å². The molecule has 0 amide bonds. The van der Waals surface area contributed by atoms with Crippen LogP contribution in [0, 0.1) is 11.3 Å². The molecule has 42 heavy (non-hydrogen) atoms. The minimum atomic E-state index is -10.7. The van der Waals surface area contributed by atoms with E-state index in [1.54, 1.807) is 0 Å². The molecule has 214 valence electrons. The number of hydrogen-bond donors (Lipinski definition) is 0. The van der Waals surface area contributed by atoms with Crippen LogP contribution in [0.5, 0.6) is 0 Å². The Labute approximate surface area is 243 Å². The number of nitrogens with zero attached hydrogens (tertiary/aromatic N) is 1. The Morgan fingerprint density at radius 2 is 1.14 bits per heavy atom. The molecular formula is C33H24F6NPS. The summed E-state index contributed by atoms with van der Waals surface area (Å²) in [6, 6.07) is 43.2. The van der Waals surface area contributed by atoms with Gasteiger partial charge in [0.2, 0.25) is 0 Å². The molecule has 6 aromatic rings. The Balaban J connectivity index is 0.000000451. The van der Waals surface area contributed by atoms with Crippen molar-refractivity contribution >= 4 is 52.8 Å². The number of fused-ring (bicyclic) bond motifs is 3. The molecule has 1 unspecified atom stereocenters. The first-order valence-corrected chi connectivity index (χ1v) is 15.5. The summed E-state index contributed by atoms with van der Waals surface area (Å²) in [6.07, 6.45) is 0.866. The minimum Gasteiger partial charge on any atom is -0.192 e. The van der Waals surface area contributed by atoms with Crippen LogP contribution in [0.2, 0.25) is 0 Å². The van der Waals surface area contributed by atoms with Crippen molar-refractivity contribution in [1.82, 2.24) is 0 Å². The van der Waals surface area contributed by atoms with Gasteiger partial charge in [-0.05, 0) is 92.0 Å². The molecule has 0 spiro atoms. The first-order chi connectivity index (χ1) is 19.6. The topological polar surface area (TPSA) is 23.8 Å². The number of benzene rings is 6. The minimum absolute atomic E-state index is 0.199. The Morgan fingerprint density at radius 1 is 0.619 bits per heavy atom. The van der Waals surface area contributed by atoms with Crippen molar-refractivity contribution in [2.75, 3.05) is 0 Å². The van der Waals surface area contributed by atoms with Gasteiger partial charge in [-0.3, -0.25) is 0 Å². The Hall–Kier alpha value is -4.05. The van der Waals surface area contributed by atoms with Gasteiger partial charge in [0.05, 0.1) is 11.6 Å². The van der Waals surface area contributed by atoms with E-state index in [2.05, 4.69) is 110 Å². The fourth-order valence-corrected chi connectivity index (χ4v) is 5.45. The summed E-state index contributed by atoms with van der Waals surface area (Å²) in [4.78, 5) is 0. The van der Waals surface area contributed by atoms with Gasteiger partial charge in [0.1, 0.15) is 5.25 Å². The van der Waals surface area contributed by atoms with Crippen molar-refractivity contribution in [2.45, 2.75) is 11.7 Å². The average Bonchev–Trinajstić information content (AvgIpc) is 2.93. The average molecular weight is 612 g/mol. The molecule has 0 aliphatic rings. The van der Waals surface area contributed by atoms with Crippen molar-refractivity contribution in [2.24, 2.45) is 0 Å². The first-order valence-electron chi connectivity index (χ1n) is 12.9. The van der Waals surface area contributed by atoms with E-state index in [-0.39, 0.29) is 5.25 Å². The van der Waals surface area contributed by atoms with Gasteiger partial charge in [-0.2, -0.15) is 5.26 Å². The molecule has 0 aromatic heterocycles. The quantitative estimate of drug-likeness (QED) is 0.0842. The van der Waals surface area contributed by atoms with Gasteiger partial charge in [-0.15, -0.1) is 0 Å². The summed E-state index contributed by atoms with van der Waals surface area (Å²) >= 11 is 3.94. The second-order valence-corrected chi connectivity index (χ2v) is 12.7. The summed E-state index contributed by atoms with van der Waals surface area (Å²) in [6.45, 7) is 0. The van der Waals surface area contributed by atoms with Gasteiger partial charge < -0.3 is 0 Å². The van der Waals surface area contributed by atoms with E-state index in [9.17, 15) is 25.2 Å². The van der Waals surface area contributed by atoms with Crippen LogP contribution in [-0.4, -0.2) is 0 Å². The largest absolute Gasteiger partial charge is 0.192 e. The molecule has 1 nitrogen and oxygen atoms in total. The van der Waals surface area contributed by atoms with E-state index in [0.29, 0.717) is 5.56 Å². The maximum atomic E-state index is 9.87. The van der Waals surface area contributed by atoms with E-state index in [4.69, 9.17) is 5.26 Å². The number of hydrogen-bond acceptors (Lipinski definition) is 1. The molecule has 6 rings (SSSR count). The van der Waals surface area contributed by atoms with E-state index in [1.165, 1.54) is 54.6 Å². The Bertz CT molecular complexity index is 1950. The predicted octanol–water partition coefficient (Wildman–Crippen LogP) is 11.4. The first kappa shape index (κ1) is 29.4. The SMILES string of the molecule is F[P-](F)(F)(F)(F)F.N#Cc1ccc(CC([SH2+])c2ccc(-c3c4ccccc4cc4cc5ccccc5cc34)cc2)cc1. The van der Waals surface area contributed by atoms with Gasteiger partial charge in [0.25, 0.3) is 0 Å². The zero-order valence-corrected chi connectivity index (χ0v) is 23.8. The zero-order valence-electron chi connectivity index (χ0n) is 21.9. The van der Waals surface area contributed by atoms with Crippen molar-refractivity contribution in [3.05, 3.63) is 132 Å². The third-order valence-electron chi connectivity index (χ3n) is 6.85. The van der Waals surface area contributed by atoms with Crippen LogP contribution in [0.1, 0.15) is 21.9 Å². The summed E-state index contributed by atoms with van der Waals surface area (Å²) in [5.74, 6) is 0. The summed E-state index contributed by atoms with van der Waals surface area (Å²) < 4.78 is 59.2. The zero-order chi connectivity index (χ0) is 30.2. The normalized spacial score (nSPS) is 14.0. The molecule has 0 radical (unpaired) electrons. The fourth-order valence-electron chi connectivity index (χ4n) is 5.02. The van der Waals surface area contributed by atoms with Crippen LogP contribution >= 0.6 is 7.81 Å². The molecule has 0 fully saturated rings. The maximum absolute atomic E-state index is 10.7. The third-order valence-corrected chi connectivity index (χ3v) is 7.39. The molecule has 0 aliphatic heterocycles. The molecule has 9 heteroatoms. The Kier molecular flexibility index (Phi) is 7.25. The molecular weight excluding hydrogens is 587 g/mol. The molecule has 0 aliphatic carbocycles. The second kappa shape index (κ2) is 10.3. The molecule has 0 N–H and O–H groups in total. The van der Waals surface area contributed by atoms with Gasteiger partial charge in [-0.25, -0.2) is 0 Å². The van der Waals surface area contributed by atoms with Crippen LogP contribution in [0.3, 0.4) is 0 Å². The standard InChI is InChI=1S/C33H23NS.F6P/c34-21-23-11-9-22(10-12-23)17-32(35)24-13-15-25(16-14-24)33-30-8-4-3-7-28(30)19-29-18-26-5-1-2-6-27(26)20-31(29)33;1-7(2,3,4,5)6/h1-16,18-20,32,35H,17H2;/q;-1/p+1. The van der Waals surface area contributed by atoms with E-state index >= 15 is 0 Å². The molecule has 0 bridgehead atoms.